The number of alkyl halides is 1. The third-order valence-corrected chi connectivity index (χ3v) is 7.70. The molecule has 2 unspecified atom stereocenters. The molecule has 1 fully saturated rings. The van der Waals surface area contributed by atoms with Gasteiger partial charge in [-0.25, -0.2) is 4.39 Å². The lowest BCUT2D eigenvalue weighted by atomic mass is 9.78. The molecule has 1 N–H and O–H groups in total. The zero-order chi connectivity index (χ0) is 26.2. The summed E-state index contributed by atoms with van der Waals surface area (Å²) in [6.07, 6.45) is 6.42. The van der Waals surface area contributed by atoms with E-state index in [1.165, 1.54) is 11.3 Å². The van der Waals surface area contributed by atoms with Gasteiger partial charge in [-0.1, -0.05) is 36.4 Å². The highest BCUT2D eigenvalue weighted by Gasteiger charge is 2.31. The second-order valence-corrected chi connectivity index (χ2v) is 9.96. The number of nitrogens with zero attached hydrogens (tertiary/aromatic N) is 2. The first-order valence-electron chi connectivity index (χ1n) is 13.2. The molecule has 0 amide bonds. The molecule has 0 radical (unpaired) electrons. The van der Waals surface area contributed by atoms with Gasteiger partial charge in [0.15, 0.2) is 0 Å². The van der Waals surface area contributed by atoms with Crippen molar-refractivity contribution in [2.75, 3.05) is 20.2 Å². The van der Waals surface area contributed by atoms with E-state index in [1.807, 2.05) is 24.3 Å². The zero-order valence-electron chi connectivity index (χ0n) is 21.8. The highest BCUT2D eigenvalue weighted by atomic mass is 19.1. The SMILES string of the molecule is CC=C(Cc1ccccc1)N1CCC(CC[C@H](F)c2ccnc3ccc(OC)cc23)C(CCC(=O)O)C1. The zero-order valence-corrected chi connectivity index (χ0v) is 21.8. The van der Waals surface area contributed by atoms with Gasteiger partial charge in [0, 0.05) is 43.2 Å². The quantitative estimate of drug-likeness (QED) is 0.305. The normalized spacial score (nSPS) is 19.1. The van der Waals surface area contributed by atoms with Crippen molar-refractivity contribution in [1.29, 1.82) is 0 Å². The molecule has 2 aromatic carbocycles. The van der Waals surface area contributed by atoms with Crippen LogP contribution in [0.1, 0.15) is 56.3 Å². The van der Waals surface area contributed by atoms with Gasteiger partial charge in [0.1, 0.15) is 11.9 Å². The van der Waals surface area contributed by atoms with Gasteiger partial charge in [-0.3, -0.25) is 9.78 Å². The number of rotatable bonds is 11. The number of carboxylic acid groups (broad SMARTS) is 1. The Labute approximate surface area is 219 Å². The van der Waals surface area contributed by atoms with E-state index in [2.05, 4.69) is 47.1 Å². The van der Waals surface area contributed by atoms with Gasteiger partial charge >= 0.3 is 5.97 Å². The van der Waals surface area contributed by atoms with Crippen molar-refractivity contribution in [2.45, 2.75) is 51.6 Å². The molecule has 37 heavy (non-hydrogen) atoms. The molecule has 3 aromatic rings. The van der Waals surface area contributed by atoms with Crippen LogP contribution in [-0.2, 0) is 11.2 Å². The lowest BCUT2D eigenvalue weighted by Crippen LogP contribution is -2.40. The minimum absolute atomic E-state index is 0.146. The molecule has 0 bridgehead atoms. The Bertz CT molecular complexity index is 1210. The summed E-state index contributed by atoms with van der Waals surface area (Å²) >= 11 is 0. The number of aliphatic carboxylic acids is 1. The summed E-state index contributed by atoms with van der Waals surface area (Å²) in [5.41, 5.74) is 3.93. The smallest absolute Gasteiger partial charge is 0.303 e. The fraction of sp³-hybridized carbons (Fsp3) is 0.419. The number of carboxylic acids is 1. The van der Waals surface area contributed by atoms with Crippen molar-refractivity contribution >= 4 is 16.9 Å². The highest BCUT2D eigenvalue weighted by Crippen LogP contribution is 2.37. The van der Waals surface area contributed by atoms with Crippen molar-refractivity contribution in [1.82, 2.24) is 9.88 Å². The number of halogens is 1. The van der Waals surface area contributed by atoms with Crippen molar-refractivity contribution in [3.8, 4) is 5.75 Å². The average Bonchev–Trinajstić information content (AvgIpc) is 2.93. The van der Waals surface area contributed by atoms with Gasteiger partial charge in [-0.15, -0.1) is 0 Å². The predicted octanol–water partition coefficient (Wildman–Crippen LogP) is 6.98. The molecule has 0 aliphatic carbocycles. The number of fused-ring (bicyclic) bond motifs is 1. The summed E-state index contributed by atoms with van der Waals surface area (Å²) in [5.74, 6) is 0.431. The molecular weight excluding hydrogens is 467 g/mol. The third-order valence-electron chi connectivity index (χ3n) is 7.70. The van der Waals surface area contributed by atoms with Crippen molar-refractivity contribution in [3.63, 3.8) is 0 Å². The Kier molecular flexibility index (Phi) is 9.15. The van der Waals surface area contributed by atoms with E-state index in [1.54, 1.807) is 19.4 Å². The fourth-order valence-electron chi connectivity index (χ4n) is 5.62. The van der Waals surface area contributed by atoms with Crippen LogP contribution < -0.4 is 4.74 Å². The van der Waals surface area contributed by atoms with Crippen LogP contribution in [0.2, 0.25) is 0 Å². The average molecular weight is 505 g/mol. The molecular formula is C31H37FN2O3. The maximum Gasteiger partial charge on any atom is 0.303 e. The fourth-order valence-corrected chi connectivity index (χ4v) is 5.62. The summed E-state index contributed by atoms with van der Waals surface area (Å²) in [6.45, 7) is 3.79. The van der Waals surface area contributed by atoms with Crippen LogP contribution in [0.15, 0.2) is 72.6 Å². The van der Waals surface area contributed by atoms with Crippen LogP contribution in [0, 0.1) is 11.8 Å². The van der Waals surface area contributed by atoms with Crippen LogP contribution in [0.4, 0.5) is 4.39 Å². The highest BCUT2D eigenvalue weighted by molar-refractivity contribution is 5.83. The van der Waals surface area contributed by atoms with E-state index in [0.717, 1.165) is 43.3 Å². The van der Waals surface area contributed by atoms with Gasteiger partial charge in [-0.2, -0.15) is 0 Å². The molecule has 1 saturated heterocycles. The number of carbonyl (C=O) groups is 1. The summed E-state index contributed by atoms with van der Waals surface area (Å²) in [5, 5.41) is 10.1. The van der Waals surface area contributed by atoms with Crippen LogP contribution in [-0.4, -0.2) is 41.2 Å². The molecule has 2 heterocycles. The maximum atomic E-state index is 15.6. The molecule has 0 spiro atoms. The number of benzene rings is 2. The standard InChI is InChI=1S/C31H37FN2O3/c1-3-25(19-22-7-5-4-6-8-22)34-18-16-23(24(21-34)10-14-31(35)36)9-12-29(32)27-15-17-33-30-13-11-26(37-2)20-28(27)30/h3-8,11,13,15,17,20,23-24,29H,9-10,12,14,16,18-19,21H2,1-2H3,(H,35,36)/t23?,24?,29-/m0/s1. The molecule has 4 rings (SSSR count). The van der Waals surface area contributed by atoms with Gasteiger partial charge in [0.25, 0.3) is 0 Å². The molecule has 3 atom stereocenters. The first kappa shape index (κ1) is 26.6. The topological polar surface area (TPSA) is 62.7 Å². The van der Waals surface area contributed by atoms with Gasteiger partial charge in [0.05, 0.1) is 12.6 Å². The number of pyridine rings is 1. The van der Waals surface area contributed by atoms with E-state index in [-0.39, 0.29) is 12.3 Å². The van der Waals surface area contributed by atoms with Gasteiger partial charge in [0.2, 0.25) is 0 Å². The number of ether oxygens (including phenoxy) is 1. The van der Waals surface area contributed by atoms with Crippen LogP contribution in [0.5, 0.6) is 5.75 Å². The molecule has 6 heteroatoms. The van der Waals surface area contributed by atoms with Gasteiger partial charge in [-0.05, 0) is 79.8 Å². The second kappa shape index (κ2) is 12.7. The van der Waals surface area contributed by atoms with E-state index in [9.17, 15) is 9.90 Å². The van der Waals surface area contributed by atoms with Crippen molar-refractivity contribution in [3.05, 3.63) is 83.7 Å². The Hall–Kier alpha value is -3.41. The molecule has 1 aromatic heterocycles. The summed E-state index contributed by atoms with van der Waals surface area (Å²) in [7, 11) is 1.60. The minimum atomic E-state index is -1.11. The van der Waals surface area contributed by atoms with Crippen molar-refractivity contribution in [2.24, 2.45) is 11.8 Å². The molecule has 196 valence electrons. The molecule has 1 aliphatic heterocycles. The number of methoxy groups -OCH3 is 1. The minimum Gasteiger partial charge on any atom is -0.497 e. The first-order valence-corrected chi connectivity index (χ1v) is 13.2. The summed E-state index contributed by atoms with van der Waals surface area (Å²) in [6, 6.07) is 17.7. The number of hydrogen-bond donors (Lipinski definition) is 1. The predicted molar refractivity (Wildman–Crippen MR) is 145 cm³/mol. The van der Waals surface area contributed by atoms with Crippen LogP contribution >= 0.6 is 0 Å². The van der Waals surface area contributed by atoms with E-state index < -0.39 is 12.1 Å². The largest absolute Gasteiger partial charge is 0.497 e. The number of likely N-dealkylation sites (tertiary alicyclic amines) is 1. The lowest BCUT2D eigenvalue weighted by molar-refractivity contribution is -0.137. The van der Waals surface area contributed by atoms with Crippen LogP contribution in [0.3, 0.4) is 0 Å². The van der Waals surface area contributed by atoms with Gasteiger partial charge < -0.3 is 14.7 Å². The molecule has 1 aliphatic rings. The van der Waals surface area contributed by atoms with Crippen molar-refractivity contribution < 1.29 is 19.0 Å². The third kappa shape index (κ3) is 6.88. The number of aromatic nitrogens is 1. The Balaban J connectivity index is 1.44. The number of piperidine rings is 1. The number of allylic oxidation sites excluding steroid dienone is 2. The Morgan fingerprint density at radius 3 is 2.73 bits per heavy atom. The maximum absolute atomic E-state index is 15.6. The van der Waals surface area contributed by atoms with Crippen LogP contribution in [0.25, 0.3) is 10.9 Å². The Morgan fingerprint density at radius 1 is 1.19 bits per heavy atom. The van der Waals surface area contributed by atoms with E-state index >= 15 is 4.39 Å². The van der Waals surface area contributed by atoms with E-state index in [0.29, 0.717) is 30.1 Å². The first-order chi connectivity index (χ1) is 18.0. The number of hydrogen-bond acceptors (Lipinski definition) is 4. The lowest BCUT2D eigenvalue weighted by Gasteiger charge is -2.41. The summed E-state index contributed by atoms with van der Waals surface area (Å²) in [4.78, 5) is 18.2. The molecule has 0 saturated carbocycles. The second-order valence-electron chi connectivity index (χ2n) is 9.96. The monoisotopic (exact) mass is 504 g/mol. The Morgan fingerprint density at radius 2 is 2.00 bits per heavy atom. The molecule has 5 nitrogen and oxygen atoms in total. The summed E-state index contributed by atoms with van der Waals surface area (Å²) < 4.78 is 21.0. The van der Waals surface area contributed by atoms with E-state index in [4.69, 9.17) is 4.74 Å².